The summed E-state index contributed by atoms with van der Waals surface area (Å²) in [6.07, 6.45) is 4.41. The van der Waals surface area contributed by atoms with E-state index < -0.39 is 0 Å². The zero-order valence-electron chi connectivity index (χ0n) is 16.5. The summed E-state index contributed by atoms with van der Waals surface area (Å²) >= 11 is 1.36. The van der Waals surface area contributed by atoms with E-state index in [0.29, 0.717) is 17.2 Å². The molecule has 6 heteroatoms. The van der Waals surface area contributed by atoms with Crippen LogP contribution < -0.4 is 10.1 Å². The molecule has 0 unspecified atom stereocenters. The Morgan fingerprint density at radius 2 is 1.67 bits per heavy atom. The van der Waals surface area contributed by atoms with Crippen LogP contribution in [0, 0.1) is 6.92 Å². The molecule has 0 spiro atoms. The zero-order valence-corrected chi connectivity index (χ0v) is 17.4. The number of carbonyl (C=O) groups excluding carboxylic acids is 1. The van der Waals surface area contributed by atoms with Crippen molar-refractivity contribution in [2.75, 3.05) is 5.32 Å². The van der Waals surface area contributed by atoms with Crippen LogP contribution in [-0.4, -0.2) is 15.9 Å². The summed E-state index contributed by atoms with van der Waals surface area (Å²) in [5.74, 6) is 0.626. The van der Waals surface area contributed by atoms with Gasteiger partial charge in [0.1, 0.15) is 22.2 Å². The lowest BCUT2D eigenvalue weighted by molar-refractivity contribution is 0.103. The second-order valence-corrected chi connectivity index (χ2v) is 7.89. The minimum atomic E-state index is -0.155. The summed E-state index contributed by atoms with van der Waals surface area (Å²) in [5.41, 5.74) is 3.84. The van der Waals surface area contributed by atoms with Gasteiger partial charge in [-0.05, 0) is 60.9 Å². The number of aromatic nitrogens is 2. The second-order valence-electron chi connectivity index (χ2n) is 6.81. The van der Waals surface area contributed by atoms with E-state index in [2.05, 4.69) is 15.3 Å². The number of amides is 1. The van der Waals surface area contributed by atoms with Crippen molar-refractivity contribution in [2.24, 2.45) is 0 Å². The Morgan fingerprint density at radius 3 is 2.40 bits per heavy atom. The number of carbonyl (C=O) groups is 1. The molecule has 0 atom stereocenters. The highest BCUT2D eigenvalue weighted by Gasteiger charge is 2.16. The van der Waals surface area contributed by atoms with E-state index in [4.69, 9.17) is 4.74 Å². The Kier molecular flexibility index (Phi) is 6.15. The zero-order chi connectivity index (χ0) is 20.8. The number of nitrogens with zero attached hydrogens (tertiary/aromatic N) is 2. The summed E-state index contributed by atoms with van der Waals surface area (Å²) in [4.78, 5) is 21.8. The van der Waals surface area contributed by atoms with Crippen LogP contribution >= 0.6 is 11.3 Å². The van der Waals surface area contributed by atoms with Crippen LogP contribution in [0.25, 0.3) is 0 Å². The molecule has 1 amide bonds. The molecule has 2 aromatic carbocycles. The van der Waals surface area contributed by atoms with Gasteiger partial charge in [0.2, 0.25) is 0 Å². The number of para-hydroxylation sites is 1. The van der Waals surface area contributed by atoms with Crippen molar-refractivity contribution < 1.29 is 9.53 Å². The predicted molar refractivity (Wildman–Crippen MR) is 119 cm³/mol. The van der Waals surface area contributed by atoms with Gasteiger partial charge in [-0.15, -0.1) is 11.3 Å². The largest absolute Gasteiger partial charge is 0.486 e. The van der Waals surface area contributed by atoms with E-state index >= 15 is 0 Å². The molecule has 150 valence electrons. The third-order valence-corrected chi connectivity index (χ3v) is 5.65. The van der Waals surface area contributed by atoms with Crippen molar-refractivity contribution in [3.05, 3.63) is 106 Å². The quantitative estimate of drug-likeness (QED) is 0.447. The minimum Gasteiger partial charge on any atom is -0.486 e. The monoisotopic (exact) mass is 415 g/mol. The van der Waals surface area contributed by atoms with Crippen LogP contribution in [0.3, 0.4) is 0 Å². The first-order valence-corrected chi connectivity index (χ1v) is 10.4. The highest BCUT2D eigenvalue weighted by molar-refractivity contribution is 7.13. The van der Waals surface area contributed by atoms with E-state index in [0.717, 1.165) is 22.9 Å². The van der Waals surface area contributed by atoms with Gasteiger partial charge < -0.3 is 10.1 Å². The van der Waals surface area contributed by atoms with E-state index in [1.807, 2.05) is 73.7 Å². The fourth-order valence-corrected chi connectivity index (χ4v) is 3.89. The van der Waals surface area contributed by atoms with Crippen LogP contribution in [-0.2, 0) is 13.0 Å². The molecule has 4 rings (SSSR count). The molecule has 0 radical (unpaired) electrons. The number of thiazole rings is 1. The number of rotatable bonds is 7. The molecule has 0 aliphatic rings. The molecule has 0 fully saturated rings. The van der Waals surface area contributed by atoms with Gasteiger partial charge in [-0.25, -0.2) is 4.98 Å². The number of aryl methyl sites for hydroxylation is 1. The lowest BCUT2D eigenvalue weighted by Gasteiger charge is -2.06. The SMILES string of the molecule is Cc1nc(COc2ccccc2)sc1C(=O)Nc1ccc(Cc2ccncc2)cc1. The first kappa shape index (κ1) is 19.8. The molecular weight excluding hydrogens is 394 g/mol. The fraction of sp³-hybridized carbons (Fsp3) is 0.125. The smallest absolute Gasteiger partial charge is 0.267 e. The summed E-state index contributed by atoms with van der Waals surface area (Å²) in [7, 11) is 0. The maximum atomic E-state index is 12.7. The van der Waals surface area contributed by atoms with Gasteiger partial charge in [0.05, 0.1) is 5.69 Å². The molecule has 0 aliphatic heterocycles. The van der Waals surface area contributed by atoms with Crippen molar-refractivity contribution in [3.8, 4) is 5.75 Å². The number of nitrogens with one attached hydrogen (secondary N) is 1. The van der Waals surface area contributed by atoms with Gasteiger partial charge in [0, 0.05) is 18.1 Å². The number of hydrogen-bond acceptors (Lipinski definition) is 5. The Morgan fingerprint density at radius 1 is 0.967 bits per heavy atom. The van der Waals surface area contributed by atoms with E-state index in [1.54, 1.807) is 12.4 Å². The standard InChI is InChI=1S/C24H21N3O2S/c1-17-23(30-22(26-17)16-29-21-5-3-2-4-6-21)24(28)27-20-9-7-18(8-10-20)15-19-11-13-25-14-12-19/h2-14H,15-16H2,1H3,(H,27,28). The fourth-order valence-electron chi connectivity index (χ4n) is 3.02. The molecule has 4 aromatic rings. The summed E-state index contributed by atoms with van der Waals surface area (Å²) in [5, 5.41) is 3.73. The average molecular weight is 416 g/mol. The molecule has 0 aliphatic carbocycles. The number of ether oxygens (including phenoxy) is 1. The Hall–Kier alpha value is -3.51. The van der Waals surface area contributed by atoms with Crippen molar-refractivity contribution in [1.29, 1.82) is 0 Å². The van der Waals surface area contributed by atoms with Crippen molar-refractivity contribution >= 4 is 22.9 Å². The Labute approximate surface area is 179 Å². The summed E-state index contributed by atoms with van der Waals surface area (Å²) in [6, 6.07) is 21.5. The van der Waals surface area contributed by atoms with Crippen LogP contribution in [0.4, 0.5) is 5.69 Å². The number of pyridine rings is 1. The van der Waals surface area contributed by atoms with Gasteiger partial charge in [-0.2, -0.15) is 0 Å². The predicted octanol–water partition coefficient (Wildman–Crippen LogP) is 5.27. The maximum absolute atomic E-state index is 12.7. The molecule has 0 bridgehead atoms. The molecular formula is C24H21N3O2S. The van der Waals surface area contributed by atoms with E-state index in [9.17, 15) is 4.79 Å². The summed E-state index contributed by atoms with van der Waals surface area (Å²) < 4.78 is 5.73. The number of anilines is 1. The lowest BCUT2D eigenvalue weighted by atomic mass is 10.1. The van der Waals surface area contributed by atoms with E-state index in [1.165, 1.54) is 22.5 Å². The molecule has 1 N–H and O–H groups in total. The molecule has 0 saturated carbocycles. The first-order valence-electron chi connectivity index (χ1n) is 9.61. The number of hydrogen-bond donors (Lipinski definition) is 1. The van der Waals surface area contributed by atoms with Crippen LogP contribution in [0.15, 0.2) is 79.1 Å². The molecule has 2 heterocycles. The minimum absolute atomic E-state index is 0.155. The highest BCUT2D eigenvalue weighted by atomic mass is 32.1. The highest BCUT2D eigenvalue weighted by Crippen LogP contribution is 2.22. The van der Waals surface area contributed by atoms with Gasteiger partial charge >= 0.3 is 0 Å². The van der Waals surface area contributed by atoms with Crippen LogP contribution in [0.1, 0.15) is 31.5 Å². The van der Waals surface area contributed by atoms with Crippen molar-refractivity contribution in [2.45, 2.75) is 20.0 Å². The average Bonchev–Trinajstić information content (AvgIpc) is 3.16. The van der Waals surface area contributed by atoms with Crippen molar-refractivity contribution in [3.63, 3.8) is 0 Å². The third-order valence-electron chi connectivity index (χ3n) is 4.52. The summed E-state index contributed by atoms with van der Waals surface area (Å²) in [6.45, 7) is 2.18. The van der Waals surface area contributed by atoms with Crippen molar-refractivity contribution in [1.82, 2.24) is 9.97 Å². The Balaban J connectivity index is 1.37. The number of benzene rings is 2. The first-order chi connectivity index (χ1) is 14.7. The molecule has 30 heavy (non-hydrogen) atoms. The van der Waals surface area contributed by atoms with E-state index in [-0.39, 0.29) is 5.91 Å². The van der Waals surface area contributed by atoms with Gasteiger partial charge in [-0.1, -0.05) is 30.3 Å². The third kappa shape index (κ3) is 5.10. The topological polar surface area (TPSA) is 64.1 Å². The maximum Gasteiger partial charge on any atom is 0.267 e. The van der Waals surface area contributed by atoms with Gasteiger partial charge in [0.25, 0.3) is 5.91 Å². The lowest BCUT2D eigenvalue weighted by Crippen LogP contribution is -2.11. The van der Waals surface area contributed by atoms with Gasteiger partial charge in [0.15, 0.2) is 0 Å². The second kappa shape index (κ2) is 9.33. The van der Waals surface area contributed by atoms with Gasteiger partial charge in [-0.3, -0.25) is 9.78 Å². The Bertz CT molecular complexity index is 1110. The van der Waals surface area contributed by atoms with Crippen LogP contribution in [0.5, 0.6) is 5.75 Å². The van der Waals surface area contributed by atoms with Crippen LogP contribution in [0.2, 0.25) is 0 Å². The molecule has 0 saturated heterocycles. The molecule has 5 nitrogen and oxygen atoms in total. The molecule has 2 aromatic heterocycles. The normalized spacial score (nSPS) is 10.6.